The second kappa shape index (κ2) is 3.42. The molecule has 0 saturated heterocycles. The topological polar surface area (TPSA) is 23.6 Å². The largest absolute Gasteiger partial charge is 0.361 e. The van der Waals surface area contributed by atoms with E-state index in [0.29, 0.717) is 13.1 Å². The summed E-state index contributed by atoms with van der Waals surface area (Å²) in [5.74, 6) is 0.216. The van der Waals surface area contributed by atoms with Crippen molar-refractivity contribution in [3.8, 4) is 0 Å². The van der Waals surface area contributed by atoms with Crippen molar-refractivity contribution in [3.63, 3.8) is 0 Å². The molecule has 1 amide bonds. The molecule has 0 spiro atoms. The molecular weight excluding hydrogens is 140 g/mol. The van der Waals surface area contributed by atoms with Gasteiger partial charge in [-0.2, -0.15) is 0 Å². The van der Waals surface area contributed by atoms with Gasteiger partial charge in [0.2, 0.25) is 5.91 Å². The number of carbonyl (C=O) groups is 1. The maximum atomic E-state index is 11.2. The fraction of sp³-hybridized carbons (Fsp3) is 0.625. The van der Waals surface area contributed by atoms with Gasteiger partial charge in [0, 0.05) is 25.9 Å². The minimum absolute atomic E-state index is 0.216. The monoisotopic (exact) mass is 154 g/mol. The number of carbonyl (C=O) groups excluding carboxylic acids is 1. The van der Waals surface area contributed by atoms with Crippen molar-refractivity contribution in [2.45, 2.75) is 19.8 Å². The van der Waals surface area contributed by atoms with Crippen LogP contribution in [0.25, 0.3) is 0 Å². The molecule has 0 aliphatic carbocycles. The first-order valence-corrected chi connectivity index (χ1v) is 3.92. The van der Waals surface area contributed by atoms with Crippen molar-refractivity contribution in [2.24, 2.45) is 0 Å². The van der Waals surface area contributed by atoms with Crippen LogP contribution in [0.4, 0.5) is 0 Å². The third-order valence-corrected chi connectivity index (χ3v) is 1.66. The molecule has 62 valence electrons. The average molecular weight is 154 g/mol. The molecule has 0 unspecified atom stereocenters. The van der Waals surface area contributed by atoms with Crippen LogP contribution in [-0.4, -0.2) is 29.4 Å². The molecule has 0 saturated carbocycles. The number of hydrogen-bond acceptors (Lipinski definition) is 2. The van der Waals surface area contributed by atoms with Crippen LogP contribution in [0.3, 0.4) is 0 Å². The number of rotatable bonds is 2. The second-order valence-electron chi connectivity index (χ2n) is 2.81. The van der Waals surface area contributed by atoms with Crippen LogP contribution in [0.15, 0.2) is 12.4 Å². The number of nitrogens with zero attached hydrogens (tertiary/aromatic N) is 2. The van der Waals surface area contributed by atoms with E-state index < -0.39 is 0 Å². The van der Waals surface area contributed by atoms with Crippen LogP contribution in [-0.2, 0) is 4.79 Å². The Hall–Kier alpha value is -0.990. The summed E-state index contributed by atoms with van der Waals surface area (Å²) in [5.41, 5.74) is 0. The predicted molar refractivity (Wildman–Crippen MR) is 43.5 cm³/mol. The van der Waals surface area contributed by atoms with E-state index in [1.54, 1.807) is 4.90 Å². The highest BCUT2D eigenvalue weighted by atomic mass is 16.2. The molecule has 0 fully saturated rings. The molecule has 0 atom stereocenters. The van der Waals surface area contributed by atoms with Crippen molar-refractivity contribution in [1.29, 1.82) is 0 Å². The van der Waals surface area contributed by atoms with Crippen LogP contribution in [0, 0.1) is 0 Å². The summed E-state index contributed by atoms with van der Waals surface area (Å²) in [4.78, 5) is 15.0. The van der Waals surface area contributed by atoms with Gasteiger partial charge in [-0.15, -0.1) is 0 Å². The number of hydrogen-bond donors (Lipinski definition) is 0. The Morgan fingerprint density at radius 2 is 2.27 bits per heavy atom. The number of amides is 1. The highest BCUT2D eigenvalue weighted by Gasteiger charge is 2.14. The molecule has 1 aliphatic rings. The van der Waals surface area contributed by atoms with Gasteiger partial charge in [-0.3, -0.25) is 9.69 Å². The molecule has 1 heterocycles. The molecule has 0 aromatic carbocycles. The minimum atomic E-state index is 0.216. The molecule has 1 aliphatic heterocycles. The Morgan fingerprint density at radius 1 is 1.55 bits per heavy atom. The van der Waals surface area contributed by atoms with Crippen molar-refractivity contribution in [2.75, 3.05) is 13.7 Å². The van der Waals surface area contributed by atoms with E-state index in [0.717, 1.165) is 6.42 Å². The van der Waals surface area contributed by atoms with E-state index in [9.17, 15) is 4.79 Å². The summed E-state index contributed by atoms with van der Waals surface area (Å²) in [5, 5.41) is 0. The van der Waals surface area contributed by atoms with Gasteiger partial charge < -0.3 is 4.90 Å². The minimum Gasteiger partial charge on any atom is -0.361 e. The Kier molecular flexibility index (Phi) is 2.52. The van der Waals surface area contributed by atoms with Crippen molar-refractivity contribution in [3.05, 3.63) is 12.4 Å². The van der Waals surface area contributed by atoms with Crippen LogP contribution < -0.4 is 0 Å². The lowest BCUT2D eigenvalue weighted by Crippen LogP contribution is -2.28. The van der Waals surface area contributed by atoms with E-state index in [1.807, 2.05) is 31.3 Å². The van der Waals surface area contributed by atoms with Crippen molar-refractivity contribution in [1.82, 2.24) is 9.80 Å². The highest BCUT2D eigenvalue weighted by Crippen LogP contribution is 2.06. The van der Waals surface area contributed by atoms with Gasteiger partial charge in [0.25, 0.3) is 0 Å². The lowest BCUT2D eigenvalue weighted by molar-refractivity contribution is -0.129. The van der Waals surface area contributed by atoms with Crippen LogP contribution in [0.1, 0.15) is 19.8 Å². The molecule has 0 aromatic rings. The Balaban J connectivity index is 2.38. The van der Waals surface area contributed by atoms with Crippen molar-refractivity contribution >= 4 is 5.91 Å². The molecule has 0 bridgehead atoms. The molecule has 1 rings (SSSR count). The molecule has 0 aromatic heterocycles. The average Bonchev–Trinajstić information content (AvgIpc) is 2.36. The summed E-state index contributed by atoms with van der Waals surface area (Å²) < 4.78 is 0. The zero-order valence-corrected chi connectivity index (χ0v) is 7.08. The first kappa shape index (κ1) is 8.11. The van der Waals surface area contributed by atoms with E-state index in [-0.39, 0.29) is 5.91 Å². The molecule has 3 nitrogen and oxygen atoms in total. The highest BCUT2D eigenvalue weighted by molar-refractivity contribution is 5.77. The van der Waals surface area contributed by atoms with Gasteiger partial charge in [0.05, 0.1) is 6.67 Å². The van der Waals surface area contributed by atoms with Gasteiger partial charge in [-0.1, -0.05) is 6.92 Å². The second-order valence-corrected chi connectivity index (χ2v) is 2.81. The first-order valence-electron chi connectivity index (χ1n) is 3.92. The first-order chi connectivity index (χ1) is 5.24. The maximum absolute atomic E-state index is 11.2. The zero-order valence-electron chi connectivity index (χ0n) is 7.08. The molecule has 0 N–H and O–H groups in total. The van der Waals surface area contributed by atoms with Gasteiger partial charge in [0.15, 0.2) is 0 Å². The molecular formula is C8H14N2O. The van der Waals surface area contributed by atoms with Crippen LogP contribution in [0.2, 0.25) is 0 Å². The fourth-order valence-corrected chi connectivity index (χ4v) is 1.05. The van der Waals surface area contributed by atoms with Gasteiger partial charge in [-0.05, 0) is 6.42 Å². The van der Waals surface area contributed by atoms with E-state index >= 15 is 0 Å². The van der Waals surface area contributed by atoms with Crippen LogP contribution >= 0.6 is 0 Å². The Morgan fingerprint density at radius 3 is 2.73 bits per heavy atom. The van der Waals surface area contributed by atoms with E-state index in [2.05, 4.69) is 0 Å². The van der Waals surface area contributed by atoms with Gasteiger partial charge in [-0.25, -0.2) is 0 Å². The van der Waals surface area contributed by atoms with E-state index in [1.165, 1.54) is 0 Å². The van der Waals surface area contributed by atoms with Crippen LogP contribution in [0.5, 0.6) is 0 Å². The van der Waals surface area contributed by atoms with Gasteiger partial charge in [0.1, 0.15) is 0 Å². The molecule has 0 radical (unpaired) electrons. The molecule has 3 heteroatoms. The molecule has 11 heavy (non-hydrogen) atoms. The predicted octanol–water partition coefficient (Wildman–Crippen LogP) is 0.989. The fourth-order valence-electron chi connectivity index (χ4n) is 1.05. The van der Waals surface area contributed by atoms with Gasteiger partial charge >= 0.3 is 0 Å². The third-order valence-electron chi connectivity index (χ3n) is 1.66. The quantitative estimate of drug-likeness (QED) is 0.592. The summed E-state index contributed by atoms with van der Waals surface area (Å²) in [7, 11) is 1.95. The SMILES string of the molecule is CCCC(=O)N1C=CN(C)C1. The zero-order chi connectivity index (χ0) is 8.27. The maximum Gasteiger partial charge on any atom is 0.228 e. The summed E-state index contributed by atoms with van der Waals surface area (Å²) in [6, 6.07) is 0. The lowest BCUT2D eigenvalue weighted by atomic mass is 10.3. The van der Waals surface area contributed by atoms with E-state index in [4.69, 9.17) is 0 Å². The smallest absolute Gasteiger partial charge is 0.228 e. The Labute approximate surface area is 67.3 Å². The van der Waals surface area contributed by atoms with Crippen molar-refractivity contribution < 1.29 is 4.79 Å². The normalized spacial score (nSPS) is 16.2. The Bertz CT molecular complexity index is 177. The summed E-state index contributed by atoms with van der Waals surface area (Å²) in [6.45, 7) is 2.72. The third kappa shape index (κ3) is 1.97. The summed E-state index contributed by atoms with van der Waals surface area (Å²) >= 11 is 0. The lowest BCUT2D eigenvalue weighted by Gasteiger charge is -2.15. The summed E-state index contributed by atoms with van der Waals surface area (Å²) in [6.07, 6.45) is 5.32. The standard InChI is InChI=1S/C8H14N2O/c1-3-4-8(11)10-6-5-9(2)7-10/h5-6H,3-4,7H2,1-2H3.